The molecule has 0 amide bonds. The highest BCUT2D eigenvalue weighted by atomic mass is 28.3. The lowest BCUT2D eigenvalue weighted by Gasteiger charge is -2.01. The molecule has 0 aliphatic rings. The smallest absolute Gasteiger partial charge is 0.126 e. The first-order valence-electron chi connectivity index (χ1n) is 2.81. The first-order valence-corrected chi connectivity index (χ1v) is 5.31. The Hall–Kier alpha value is 0.177. The number of hydrogen-bond donors (Lipinski definition) is 1. The number of nitrogens with one attached hydrogen (secondary N) is 1. The molecule has 0 saturated carbocycles. The summed E-state index contributed by atoms with van der Waals surface area (Å²) in [6.07, 6.45) is 1.26. The zero-order valence-corrected chi connectivity index (χ0v) is 6.41. The van der Waals surface area contributed by atoms with Crippen molar-refractivity contribution in [1.29, 1.82) is 0 Å². The summed E-state index contributed by atoms with van der Waals surface area (Å²) in [6.45, 7) is 7.92. The zero-order valence-electron chi connectivity index (χ0n) is 5.41. The molecule has 1 radical (unpaired) electrons. The third-order valence-corrected chi connectivity index (χ3v) is 1.69. The van der Waals surface area contributed by atoms with Gasteiger partial charge in [0.2, 0.25) is 0 Å². The molecule has 1 N–H and O–H groups in total. The van der Waals surface area contributed by atoms with Crippen LogP contribution in [0.2, 0.25) is 13.1 Å². The van der Waals surface area contributed by atoms with Crippen molar-refractivity contribution in [1.82, 2.24) is 4.98 Å². The van der Waals surface area contributed by atoms with E-state index in [-0.39, 0.29) is 8.96 Å². The van der Waals surface area contributed by atoms with Crippen molar-refractivity contribution in [3.8, 4) is 0 Å². The summed E-state index contributed by atoms with van der Waals surface area (Å²) >= 11 is 0. The van der Waals surface area contributed by atoms with Crippen LogP contribution in [-0.2, 0) is 0 Å². The third kappa shape index (κ3) is 6.18. The van der Waals surface area contributed by atoms with Gasteiger partial charge in [0, 0.05) is 0 Å². The summed E-state index contributed by atoms with van der Waals surface area (Å²) in [6, 6.07) is 0. The number of rotatable bonds is 3. The van der Waals surface area contributed by atoms with Crippen LogP contribution < -0.4 is 4.98 Å². The molecule has 43 valence electrons. The fourth-order valence-corrected chi connectivity index (χ4v) is 1.12. The normalized spacial score (nSPS) is 10.3. The van der Waals surface area contributed by atoms with Gasteiger partial charge in [0.05, 0.1) is 0 Å². The molecule has 0 bridgehead atoms. The van der Waals surface area contributed by atoms with E-state index in [9.17, 15) is 0 Å². The van der Waals surface area contributed by atoms with Crippen molar-refractivity contribution >= 4 is 8.96 Å². The SMILES string of the molecule is CCCN[Si](C)C. The molecule has 7 heavy (non-hydrogen) atoms. The van der Waals surface area contributed by atoms with E-state index in [2.05, 4.69) is 25.0 Å². The van der Waals surface area contributed by atoms with Crippen LogP contribution in [0.15, 0.2) is 0 Å². The van der Waals surface area contributed by atoms with Gasteiger partial charge in [0.1, 0.15) is 8.96 Å². The minimum Gasteiger partial charge on any atom is -0.338 e. The Balaban J connectivity index is 2.68. The molecule has 0 unspecified atom stereocenters. The fraction of sp³-hybridized carbons (Fsp3) is 1.00. The summed E-state index contributed by atoms with van der Waals surface area (Å²) in [5, 5.41) is 0. The first kappa shape index (κ1) is 7.18. The molecule has 0 saturated heterocycles. The molecule has 0 aromatic heterocycles. The van der Waals surface area contributed by atoms with Gasteiger partial charge in [-0.3, -0.25) is 0 Å². The van der Waals surface area contributed by atoms with Crippen LogP contribution in [0, 0.1) is 0 Å². The lowest BCUT2D eigenvalue weighted by Crippen LogP contribution is -2.27. The average molecular weight is 116 g/mol. The molecule has 0 aromatic rings. The Bertz CT molecular complexity index is 37.1. The van der Waals surface area contributed by atoms with Crippen molar-refractivity contribution in [2.75, 3.05) is 6.54 Å². The highest BCUT2D eigenvalue weighted by Gasteiger charge is 1.89. The Labute approximate surface area is 47.8 Å². The summed E-state index contributed by atoms with van der Waals surface area (Å²) in [7, 11) is -0.147. The number of hydrogen-bond acceptors (Lipinski definition) is 1. The largest absolute Gasteiger partial charge is 0.338 e. The Morgan fingerprint density at radius 2 is 2.00 bits per heavy atom. The van der Waals surface area contributed by atoms with Crippen LogP contribution in [-0.4, -0.2) is 15.5 Å². The van der Waals surface area contributed by atoms with Crippen LogP contribution in [0.25, 0.3) is 0 Å². The van der Waals surface area contributed by atoms with E-state index in [1.54, 1.807) is 0 Å². The molecule has 1 nitrogen and oxygen atoms in total. The molecule has 0 rings (SSSR count). The Morgan fingerprint density at radius 3 is 2.14 bits per heavy atom. The van der Waals surface area contributed by atoms with E-state index in [0.717, 1.165) is 0 Å². The molecule has 0 heterocycles. The fourth-order valence-electron chi connectivity index (χ4n) is 0.375. The summed E-state index contributed by atoms with van der Waals surface area (Å²) in [5.41, 5.74) is 0. The Kier molecular flexibility index (Phi) is 4.45. The van der Waals surface area contributed by atoms with E-state index in [0.29, 0.717) is 0 Å². The molecule has 0 aromatic carbocycles. The van der Waals surface area contributed by atoms with Crippen molar-refractivity contribution < 1.29 is 0 Å². The predicted octanol–water partition coefficient (Wildman–Crippen LogP) is 1.24. The second-order valence-electron chi connectivity index (χ2n) is 1.93. The highest BCUT2D eigenvalue weighted by molar-refractivity contribution is 6.52. The average Bonchev–Trinajstić information content (AvgIpc) is 1.61. The van der Waals surface area contributed by atoms with Gasteiger partial charge in [0.25, 0.3) is 0 Å². The molecule has 2 heteroatoms. The van der Waals surface area contributed by atoms with Gasteiger partial charge in [-0.05, 0) is 13.0 Å². The summed E-state index contributed by atoms with van der Waals surface area (Å²) in [4.78, 5) is 3.40. The third-order valence-electron chi connectivity index (χ3n) is 0.729. The standard InChI is InChI=1S/C5H14NSi/c1-4-5-6-7(2)3/h6H,4-5H2,1-3H3. The van der Waals surface area contributed by atoms with E-state index >= 15 is 0 Å². The molecule has 0 spiro atoms. The molecular formula is C5H14NSi. The Morgan fingerprint density at radius 1 is 1.43 bits per heavy atom. The zero-order chi connectivity index (χ0) is 5.70. The van der Waals surface area contributed by atoms with Crippen molar-refractivity contribution in [2.24, 2.45) is 0 Å². The maximum Gasteiger partial charge on any atom is 0.126 e. The van der Waals surface area contributed by atoms with Gasteiger partial charge in [-0.25, -0.2) is 0 Å². The molecule has 0 aliphatic heterocycles. The molecule has 0 fully saturated rings. The van der Waals surface area contributed by atoms with Crippen LogP contribution in [0.3, 0.4) is 0 Å². The maximum absolute atomic E-state index is 3.40. The first-order chi connectivity index (χ1) is 3.27. The lowest BCUT2D eigenvalue weighted by molar-refractivity contribution is 0.853. The van der Waals surface area contributed by atoms with E-state index < -0.39 is 0 Å². The van der Waals surface area contributed by atoms with Crippen molar-refractivity contribution in [3.63, 3.8) is 0 Å². The molecular weight excluding hydrogens is 102 g/mol. The van der Waals surface area contributed by atoms with Gasteiger partial charge in [-0.15, -0.1) is 0 Å². The predicted molar refractivity (Wildman–Crippen MR) is 35.8 cm³/mol. The quantitative estimate of drug-likeness (QED) is 0.547. The van der Waals surface area contributed by atoms with E-state index in [1.807, 2.05) is 0 Å². The minimum absolute atomic E-state index is 0.147. The van der Waals surface area contributed by atoms with Gasteiger partial charge in [0.15, 0.2) is 0 Å². The van der Waals surface area contributed by atoms with Crippen molar-refractivity contribution in [3.05, 3.63) is 0 Å². The molecule has 0 aliphatic carbocycles. The van der Waals surface area contributed by atoms with Gasteiger partial charge in [-0.2, -0.15) is 0 Å². The minimum atomic E-state index is -0.147. The van der Waals surface area contributed by atoms with Crippen LogP contribution in [0.5, 0.6) is 0 Å². The van der Waals surface area contributed by atoms with Gasteiger partial charge in [-0.1, -0.05) is 20.0 Å². The summed E-state index contributed by atoms with van der Waals surface area (Å²) < 4.78 is 0. The van der Waals surface area contributed by atoms with Crippen LogP contribution in [0.1, 0.15) is 13.3 Å². The maximum atomic E-state index is 3.40. The highest BCUT2D eigenvalue weighted by Crippen LogP contribution is 1.73. The van der Waals surface area contributed by atoms with Gasteiger partial charge >= 0.3 is 0 Å². The van der Waals surface area contributed by atoms with E-state index in [1.165, 1.54) is 13.0 Å². The second kappa shape index (κ2) is 4.34. The van der Waals surface area contributed by atoms with Gasteiger partial charge < -0.3 is 4.98 Å². The second-order valence-corrected chi connectivity index (χ2v) is 4.28. The van der Waals surface area contributed by atoms with Crippen molar-refractivity contribution in [2.45, 2.75) is 26.4 Å². The van der Waals surface area contributed by atoms with Crippen LogP contribution in [0.4, 0.5) is 0 Å². The lowest BCUT2D eigenvalue weighted by atomic mass is 10.5. The summed E-state index contributed by atoms with van der Waals surface area (Å²) in [5.74, 6) is 0. The van der Waals surface area contributed by atoms with Crippen LogP contribution >= 0.6 is 0 Å². The van der Waals surface area contributed by atoms with E-state index in [4.69, 9.17) is 0 Å². The molecule has 0 atom stereocenters. The monoisotopic (exact) mass is 116 g/mol. The topological polar surface area (TPSA) is 12.0 Å².